The smallest absolute Gasteiger partial charge is 0.319 e. The Morgan fingerprint density at radius 1 is 1.22 bits per heavy atom. The molecular weight excluding hydrogens is 354 g/mol. The molecule has 2 amide bonds. The third-order valence-electron chi connectivity index (χ3n) is 4.59. The number of halogens is 1. The summed E-state index contributed by atoms with van der Waals surface area (Å²) in [6, 6.07) is 12.5. The fourth-order valence-electron chi connectivity index (χ4n) is 3.09. The summed E-state index contributed by atoms with van der Waals surface area (Å²) in [4.78, 5) is 14.4. The van der Waals surface area contributed by atoms with Gasteiger partial charge in [0.15, 0.2) is 0 Å². The third-order valence-corrected chi connectivity index (χ3v) is 5.26. The molecule has 4 nitrogen and oxygen atoms in total. The van der Waals surface area contributed by atoms with Gasteiger partial charge < -0.3 is 15.5 Å². The number of carbonyl (C=O) groups excluding carboxylic acids is 1. The highest BCUT2D eigenvalue weighted by atomic mass is 79.9. The molecule has 5 heteroatoms. The molecule has 1 fully saturated rings. The molecule has 1 saturated carbocycles. The lowest BCUT2D eigenvalue weighted by Gasteiger charge is -2.39. The SMILES string of the molecule is CN(C)C1CC(CNC(=O)Nc2cccc3cccc(Br)c23)C1. The number of fused-ring (bicyclic) bond motifs is 1. The van der Waals surface area contributed by atoms with E-state index in [0.717, 1.165) is 40.3 Å². The predicted octanol–water partition coefficient (Wildman–Crippen LogP) is 4.06. The van der Waals surface area contributed by atoms with Gasteiger partial charge in [0.25, 0.3) is 0 Å². The first-order valence-electron chi connectivity index (χ1n) is 7.93. The third kappa shape index (κ3) is 3.67. The van der Waals surface area contributed by atoms with E-state index in [1.165, 1.54) is 0 Å². The molecule has 2 N–H and O–H groups in total. The van der Waals surface area contributed by atoms with Gasteiger partial charge in [0.05, 0.1) is 5.69 Å². The highest BCUT2D eigenvalue weighted by Gasteiger charge is 2.30. The highest BCUT2D eigenvalue weighted by molar-refractivity contribution is 9.10. The van der Waals surface area contributed by atoms with Gasteiger partial charge in [0.1, 0.15) is 0 Å². The second-order valence-electron chi connectivity index (χ2n) is 6.43. The molecular formula is C18H22BrN3O. The van der Waals surface area contributed by atoms with Crippen LogP contribution in [0.4, 0.5) is 10.5 Å². The van der Waals surface area contributed by atoms with Crippen LogP contribution in [0.15, 0.2) is 40.9 Å². The van der Waals surface area contributed by atoms with Crippen LogP contribution < -0.4 is 10.6 Å². The lowest BCUT2D eigenvalue weighted by atomic mass is 9.79. The number of rotatable bonds is 4. The van der Waals surface area contributed by atoms with Crippen LogP contribution in [0.5, 0.6) is 0 Å². The maximum absolute atomic E-state index is 12.2. The highest BCUT2D eigenvalue weighted by Crippen LogP contribution is 2.31. The minimum atomic E-state index is -0.137. The largest absolute Gasteiger partial charge is 0.338 e. The number of carbonyl (C=O) groups is 1. The van der Waals surface area contributed by atoms with Gasteiger partial charge in [-0.1, -0.05) is 40.2 Å². The van der Waals surface area contributed by atoms with Crippen LogP contribution >= 0.6 is 15.9 Å². The summed E-state index contributed by atoms with van der Waals surface area (Å²) >= 11 is 3.56. The fourth-order valence-corrected chi connectivity index (χ4v) is 3.69. The van der Waals surface area contributed by atoms with Crippen molar-refractivity contribution < 1.29 is 4.79 Å². The van der Waals surface area contributed by atoms with E-state index >= 15 is 0 Å². The van der Waals surface area contributed by atoms with E-state index in [9.17, 15) is 4.79 Å². The Bertz CT molecular complexity index is 705. The summed E-state index contributed by atoms with van der Waals surface area (Å²) in [6.45, 7) is 0.738. The van der Waals surface area contributed by atoms with Crippen molar-refractivity contribution in [3.8, 4) is 0 Å². The lowest BCUT2D eigenvalue weighted by Crippen LogP contribution is -2.45. The van der Waals surface area contributed by atoms with E-state index in [1.807, 2.05) is 36.4 Å². The minimum absolute atomic E-state index is 0.137. The minimum Gasteiger partial charge on any atom is -0.338 e. The van der Waals surface area contributed by atoms with Crippen LogP contribution in [0.3, 0.4) is 0 Å². The Labute approximate surface area is 145 Å². The van der Waals surface area contributed by atoms with Gasteiger partial charge in [-0.2, -0.15) is 0 Å². The topological polar surface area (TPSA) is 44.4 Å². The summed E-state index contributed by atoms with van der Waals surface area (Å²) < 4.78 is 0.985. The number of anilines is 1. The van der Waals surface area contributed by atoms with E-state index < -0.39 is 0 Å². The number of amides is 2. The van der Waals surface area contributed by atoms with Crippen LogP contribution in [-0.2, 0) is 0 Å². The molecule has 23 heavy (non-hydrogen) atoms. The van der Waals surface area contributed by atoms with Crippen LogP contribution in [-0.4, -0.2) is 37.6 Å². The van der Waals surface area contributed by atoms with Crippen molar-refractivity contribution in [2.24, 2.45) is 5.92 Å². The Balaban J connectivity index is 1.59. The first-order chi connectivity index (χ1) is 11.0. The molecule has 122 valence electrons. The zero-order valence-corrected chi connectivity index (χ0v) is 15.1. The van der Waals surface area contributed by atoms with Crippen molar-refractivity contribution in [3.05, 3.63) is 40.9 Å². The number of urea groups is 1. The quantitative estimate of drug-likeness (QED) is 0.845. The van der Waals surface area contributed by atoms with E-state index in [1.54, 1.807) is 0 Å². The lowest BCUT2D eigenvalue weighted by molar-refractivity contribution is 0.124. The zero-order valence-electron chi connectivity index (χ0n) is 13.5. The van der Waals surface area contributed by atoms with Crippen molar-refractivity contribution in [1.82, 2.24) is 10.2 Å². The summed E-state index contributed by atoms with van der Waals surface area (Å²) in [5, 5.41) is 8.10. The number of benzene rings is 2. The van der Waals surface area contributed by atoms with Gasteiger partial charge in [-0.15, -0.1) is 0 Å². The van der Waals surface area contributed by atoms with E-state index in [0.29, 0.717) is 12.0 Å². The molecule has 0 bridgehead atoms. The Morgan fingerprint density at radius 2 is 1.91 bits per heavy atom. The molecule has 0 spiro atoms. The van der Waals surface area contributed by atoms with Crippen molar-refractivity contribution in [1.29, 1.82) is 0 Å². The van der Waals surface area contributed by atoms with Crippen LogP contribution in [0.1, 0.15) is 12.8 Å². The van der Waals surface area contributed by atoms with Crippen molar-refractivity contribution in [2.45, 2.75) is 18.9 Å². The maximum atomic E-state index is 12.2. The van der Waals surface area contributed by atoms with Crippen molar-refractivity contribution in [2.75, 3.05) is 26.0 Å². The Morgan fingerprint density at radius 3 is 2.61 bits per heavy atom. The molecule has 0 unspecified atom stereocenters. The van der Waals surface area contributed by atoms with E-state index in [2.05, 4.69) is 45.6 Å². The Hall–Kier alpha value is -1.59. The molecule has 0 aliphatic heterocycles. The van der Waals surface area contributed by atoms with Gasteiger partial charge in [-0.05, 0) is 50.4 Å². The molecule has 0 aromatic heterocycles. The van der Waals surface area contributed by atoms with Gasteiger partial charge >= 0.3 is 6.03 Å². The second kappa shape index (κ2) is 6.89. The van der Waals surface area contributed by atoms with Crippen LogP contribution in [0, 0.1) is 5.92 Å². The van der Waals surface area contributed by atoms with Crippen LogP contribution in [0.25, 0.3) is 10.8 Å². The predicted molar refractivity (Wildman–Crippen MR) is 98.9 cm³/mol. The van der Waals surface area contributed by atoms with E-state index in [4.69, 9.17) is 0 Å². The normalized spacial score (nSPS) is 20.3. The molecule has 0 saturated heterocycles. The summed E-state index contributed by atoms with van der Waals surface area (Å²) in [7, 11) is 4.22. The van der Waals surface area contributed by atoms with E-state index in [-0.39, 0.29) is 6.03 Å². The first-order valence-corrected chi connectivity index (χ1v) is 8.72. The summed E-state index contributed by atoms with van der Waals surface area (Å²) in [5.41, 5.74) is 0.826. The fraction of sp³-hybridized carbons (Fsp3) is 0.389. The van der Waals surface area contributed by atoms with Crippen molar-refractivity contribution in [3.63, 3.8) is 0 Å². The molecule has 0 atom stereocenters. The van der Waals surface area contributed by atoms with Crippen molar-refractivity contribution >= 4 is 38.4 Å². The molecule has 0 radical (unpaired) electrons. The van der Waals surface area contributed by atoms with Gasteiger partial charge in [0.2, 0.25) is 0 Å². The van der Waals surface area contributed by atoms with Gasteiger partial charge in [-0.25, -0.2) is 4.79 Å². The zero-order chi connectivity index (χ0) is 16.4. The maximum Gasteiger partial charge on any atom is 0.319 e. The number of hydrogen-bond donors (Lipinski definition) is 2. The average molecular weight is 376 g/mol. The molecule has 2 aromatic rings. The first kappa shape index (κ1) is 16.3. The molecule has 3 rings (SSSR count). The van der Waals surface area contributed by atoms with Crippen LogP contribution in [0.2, 0.25) is 0 Å². The summed E-state index contributed by atoms with van der Waals surface area (Å²) in [5.74, 6) is 0.590. The number of nitrogens with zero attached hydrogens (tertiary/aromatic N) is 1. The summed E-state index contributed by atoms with van der Waals surface area (Å²) in [6.07, 6.45) is 2.32. The second-order valence-corrected chi connectivity index (χ2v) is 7.29. The monoisotopic (exact) mass is 375 g/mol. The Kier molecular flexibility index (Phi) is 4.87. The number of nitrogens with one attached hydrogen (secondary N) is 2. The van der Waals surface area contributed by atoms with Gasteiger partial charge in [0, 0.05) is 22.4 Å². The molecule has 1 aliphatic carbocycles. The van der Waals surface area contributed by atoms with Gasteiger partial charge in [-0.3, -0.25) is 0 Å². The number of hydrogen-bond acceptors (Lipinski definition) is 2. The molecule has 0 heterocycles. The standard InChI is InChI=1S/C18H22BrN3O/c1-22(2)14-9-12(10-14)11-20-18(23)21-16-8-4-6-13-5-3-7-15(19)17(13)16/h3-8,12,14H,9-11H2,1-2H3,(H2,20,21,23). The average Bonchev–Trinajstić information content (AvgIpc) is 2.45. The molecule has 2 aromatic carbocycles. The molecule has 1 aliphatic rings.